The first kappa shape index (κ1) is 18.3. The van der Waals surface area contributed by atoms with Crippen LogP contribution in [0.1, 0.15) is 0 Å². The van der Waals surface area contributed by atoms with E-state index in [-0.39, 0.29) is 0 Å². The number of fused-ring (bicyclic) bond motifs is 11. The van der Waals surface area contributed by atoms with Crippen molar-refractivity contribution in [3.63, 3.8) is 0 Å². The Bertz CT molecular complexity index is 2060. The Morgan fingerprint density at radius 1 is 0.471 bits per heavy atom. The number of hydrogen-bond donors (Lipinski definition) is 0. The lowest BCUT2D eigenvalue weighted by Gasteiger charge is -2.12. The monoisotopic (exact) mass is 449 g/mol. The van der Waals surface area contributed by atoms with E-state index < -0.39 is 0 Å². The molecule has 3 heterocycles. The van der Waals surface area contributed by atoms with Gasteiger partial charge in [-0.1, -0.05) is 84.9 Å². The molecule has 3 aromatic heterocycles. The number of nitrogens with zero attached hydrogens (tertiary/aromatic N) is 1. The average Bonchev–Trinajstić information content (AvgIpc) is 3.46. The Labute approximate surface area is 200 Å². The van der Waals surface area contributed by atoms with E-state index in [0.29, 0.717) is 0 Å². The van der Waals surface area contributed by atoms with Gasteiger partial charge in [-0.2, -0.15) is 0 Å². The fourth-order valence-corrected chi connectivity index (χ4v) is 6.71. The molecule has 158 valence electrons. The van der Waals surface area contributed by atoms with Crippen molar-refractivity contribution in [2.24, 2.45) is 0 Å². The van der Waals surface area contributed by atoms with Crippen LogP contribution in [-0.4, -0.2) is 4.40 Å². The molecule has 0 aliphatic carbocycles. The summed E-state index contributed by atoms with van der Waals surface area (Å²) in [5.74, 6) is 0. The van der Waals surface area contributed by atoms with E-state index in [0.717, 1.165) is 0 Å². The van der Waals surface area contributed by atoms with Crippen molar-refractivity contribution < 1.29 is 0 Å². The van der Waals surface area contributed by atoms with Crippen LogP contribution in [0.3, 0.4) is 0 Å². The summed E-state index contributed by atoms with van der Waals surface area (Å²) in [6, 6.07) is 40.0. The SMILES string of the molecule is c1ccc(-c2ccc3c(c2)c2cc4sc5ccccc5c4cc2n2cc4ccccc4c32)cc1. The van der Waals surface area contributed by atoms with Crippen LogP contribution >= 0.6 is 11.3 Å². The van der Waals surface area contributed by atoms with Crippen LogP contribution in [0.5, 0.6) is 0 Å². The normalized spacial score (nSPS) is 12.1. The highest BCUT2D eigenvalue weighted by molar-refractivity contribution is 7.25. The number of hydrogen-bond acceptors (Lipinski definition) is 1. The van der Waals surface area contributed by atoms with Gasteiger partial charge in [0.2, 0.25) is 0 Å². The summed E-state index contributed by atoms with van der Waals surface area (Å²) in [4.78, 5) is 0. The van der Waals surface area contributed by atoms with Crippen molar-refractivity contribution in [3.8, 4) is 11.1 Å². The Morgan fingerprint density at radius 3 is 2.18 bits per heavy atom. The molecule has 0 saturated heterocycles. The van der Waals surface area contributed by atoms with Gasteiger partial charge in [-0.15, -0.1) is 11.3 Å². The zero-order valence-electron chi connectivity index (χ0n) is 18.3. The summed E-state index contributed by atoms with van der Waals surface area (Å²) in [6.07, 6.45) is 2.30. The summed E-state index contributed by atoms with van der Waals surface area (Å²) in [6.45, 7) is 0. The maximum Gasteiger partial charge on any atom is 0.0613 e. The van der Waals surface area contributed by atoms with Crippen molar-refractivity contribution in [2.45, 2.75) is 0 Å². The third kappa shape index (κ3) is 2.43. The highest BCUT2D eigenvalue weighted by atomic mass is 32.1. The molecule has 0 aliphatic heterocycles. The number of rotatable bonds is 1. The van der Waals surface area contributed by atoms with Crippen molar-refractivity contribution in [2.75, 3.05) is 0 Å². The van der Waals surface area contributed by atoms with Gasteiger partial charge in [-0.3, -0.25) is 0 Å². The van der Waals surface area contributed by atoms with Crippen LogP contribution in [0.4, 0.5) is 0 Å². The maximum absolute atomic E-state index is 2.41. The summed E-state index contributed by atoms with van der Waals surface area (Å²) in [7, 11) is 0. The van der Waals surface area contributed by atoms with E-state index >= 15 is 0 Å². The second-order valence-corrected chi connectivity index (χ2v) is 10.1. The molecule has 8 aromatic rings. The van der Waals surface area contributed by atoms with Gasteiger partial charge in [0.1, 0.15) is 0 Å². The molecule has 2 heteroatoms. The van der Waals surface area contributed by atoms with Gasteiger partial charge in [-0.25, -0.2) is 0 Å². The molecule has 0 radical (unpaired) electrons. The molecule has 0 saturated carbocycles. The third-order valence-electron chi connectivity index (χ3n) is 7.15. The molecular formula is C32H19NS. The highest BCUT2D eigenvalue weighted by Gasteiger charge is 2.15. The standard InChI is InChI=1S/C32H19NS/c1-2-8-20(9-3-1)21-14-15-25-26(16-21)27-18-31-28(24-12-6-7-13-30(24)34-31)17-29(27)33-19-22-10-4-5-11-23(22)32(25)33/h1-19H. The van der Waals surface area contributed by atoms with E-state index in [1.807, 2.05) is 11.3 Å². The molecule has 0 fully saturated rings. The van der Waals surface area contributed by atoms with Gasteiger partial charge in [0.15, 0.2) is 0 Å². The van der Waals surface area contributed by atoms with Crippen LogP contribution in [0.2, 0.25) is 0 Å². The van der Waals surface area contributed by atoms with E-state index in [1.54, 1.807) is 0 Å². The zero-order chi connectivity index (χ0) is 22.2. The van der Waals surface area contributed by atoms with Crippen LogP contribution in [-0.2, 0) is 0 Å². The number of thiophene rings is 1. The molecule has 8 rings (SSSR count). The van der Waals surface area contributed by atoms with Gasteiger partial charge in [0.05, 0.1) is 11.0 Å². The van der Waals surface area contributed by atoms with Gasteiger partial charge in [-0.05, 0) is 40.8 Å². The summed E-state index contributed by atoms with van der Waals surface area (Å²) in [5.41, 5.74) is 5.06. The Morgan fingerprint density at radius 2 is 1.26 bits per heavy atom. The highest BCUT2D eigenvalue weighted by Crippen LogP contribution is 2.41. The lowest BCUT2D eigenvalue weighted by molar-refractivity contribution is 1.30. The minimum absolute atomic E-state index is 1.25. The van der Waals surface area contributed by atoms with Crippen molar-refractivity contribution in [1.82, 2.24) is 4.40 Å². The fourth-order valence-electron chi connectivity index (χ4n) is 5.58. The van der Waals surface area contributed by atoms with Gasteiger partial charge in [0, 0.05) is 47.9 Å². The smallest absolute Gasteiger partial charge is 0.0613 e. The van der Waals surface area contributed by atoms with E-state index in [4.69, 9.17) is 0 Å². The number of aromatic nitrogens is 1. The van der Waals surface area contributed by atoms with Crippen LogP contribution in [0, 0.1) is 0 Å². The third-order valence-corrected chi connectivity index (χ3v) is 8.29. The minimum atomic E-state index is 1.25. The molecular weight excluding hydrogens is 430 g/mol. The quantitative estimate of drug-likeness (QED) is 0.220. The molecule has 1 nitrogen and oxygen atoms in total. The zero-order valence-corrected chi connectivity index (χ0v) is 19.1. The molecule has 0 N–H and O–H groups in total. The molecule has 0 unspecified atom stereocenters. The Kier molecular flexibility index (Phi) is 3.60. The summed E-state index contributed by atoms with van der Waals surface area (Å²) >= 11 is 1.89. The first-order valence-electron chi connectivity index (χ1n) is 11.6. The van der Waals surface area contributed by atoms with Crippen molar-refractivity contribution >= 4 is 69.5 Å². The molecule has 0 bridgehead atoms. The lowest BCUT2D eigenvalue weighted by Crippen LogP contribution is -1.90. The summed E-state index contributed by atoms with van der Waals surface area (Å²) < 4.78 is 5.10. The van der Waals surface area contributed by atoms with Crippen LogP contribution in [0.25, 0.3) is 69.3 Å². The number of pyridine rings is 1. The molecule has 0 atom stereocenters. The predicted molar refractivity (Wildman–Crippen MR) is 148 cm³/mol. The van der Waals surface area contributed by atoms with Crippen molar-refractivity contribution in [3.05, 3.63) is 115 Å². The molecule has 5 aromatic carbocycles. The van der Waals surface area contributed by atoms with Crippen LogP contribution < -0.4 is 0 Å². The predicted octanol–water partition coefficient (Wildman–Crippen LogP) is 9.43. The first-order valence-corrected chi connectivity index (χ1v) is 12.4. The first-order chi connectivity index (χ1) is 16.8. The molecule has 34 heavy (non-hydrogen) atoms. The lowest BCUT2D eigenvalue weighted by atomic mass is 9.97. The molecule has 0 spiro atoms. The maximum atomic E-state index is 2.41. The van der Waals surface area contributed by atoms with Gasteiger partial charge >= 0.3 is 0 Å². The van der Waals surface area contributed by atoms with E-state index in [9.17, 15) is 0 Å². The second kappa shape index (κ2) is 6.69. The van der Waals surface area contributed by atoms with Gasteiger partial charge in [0.25, 0.3) is 0 Å². The van der Waals surface area contributed by atoms with Crippen molar-refractivity contribution in [1.29, 1.82) is 0 Å². The van der Waals surface area contributed by atoms with E-state index in [2.05, 4.69) is 120 Å². The largest absolute Gasteiger partial charge is 0.315 e. The summed E-state index contributed by atoms with van der Waals surface area (Å²) in [5, 5.41) is 9.18. The molecule has 0 amide bonds. The number of benzene rings is 5. The van der Waals surface area contributed by atoms with Crippen LogP contribution in [0.15, 0.2) is 115 Å². The second-order valence-electron chi connectivity index (χ2n) is 9.03. The van der Waals surface area contributed by atoms with Gasteiger partial charge < -0.3 is 4.40 Å². The topological polar surface area (TPSA) is 4.41 Å². The minimum Gasteiger partial charge on any atom is -0.315 e. The fraction of sp³-hybridized carbons (Fsp3) is 0. The Balaban J connectivity index is 1.62. The average molecular weight is 450 g/mol. The van der Waals surface area contributed by atoms with E-state index in [1.165, 1.54) is 69.3 Å². The molecule has 0 aliphatic rings. The Hall–Kier alpha value is -4.14.